The van der Waals surface area contributed by atoms with Crippen LogP contribution in [0.25, 0.3) is 21.3 Å². The van der Waals surface area contributed by atoms with Crippen molar-refractivity contribution in [3.63, 3.8) is 0 Å². The number of ether oxygens (including phenoxy) is 1. The van der Waals surface area contributed by atoms with Gasteiger partial charge in [0.2, 0.25) is 0 Å². The van der Waals surface area contributed by atoms with Gasteiger partial charge in [-0.25, -0.2) is 18.4 Å². The van der Waals surface area contributed by atoms with Gasteiger partial charge < -0.3 is 15.8 Å². The number of alkyl halides is 2. The smallest absolute Gasteiger partial charge is 0.280 e. The molecular weight excluding hydrogens is 598 g/mol. The summed E-state index contributed by atoms with van der Waals surface area (Å²) in [7, 11) is 1.67. The van der Waals surface area contributed by atoms with E-state index in [-0.39, 0.29) is 49.7 Å². The number of fused-ring (bicyclic) bond motifs is 1. The lowest BCUT2D eigenvalue weighted by atomic mass is 10.0. The van der Waals surface area contributed by atoms with Crippen LogP contribution in [0.15, 0.2) is 42.7 Å². The number of hydrogen-bond donors (Lipinski definition) is 2. The van der Waals surface area contributed by atoms with Gasteiger partial charge >= 0.3 is 0 Å². The van der Waals surface area contributed by atoms with E-state index in [9.17, 15) is 28.5 Å². The molecule has 0 aliphatic rings. The molecule has 4 heterocycles. The average molecular weight is 617 g/mol. The van der Waals surface area contributed by atoms with Crippen LogP contribution in [-0.2, 0) is 13.8 Å². The highest BCUT2D eigenvalue weighted by molar-refractivity contribution is 7.21. The molecule has 4 aromatic heterocycles. The minimum Gasteiger partial charge on any atom is -0.470 e. The Morgan fingerprint density at radius 2 is 2.00 bits per heavy atom. The molecule has 5 aromatic rings. The SMILES string of the molecule is Cc1nn(C)cc1-c1cc(C(F)F)nc2sc(C(N)=O)c(NC(=O)c3ccn(COc4ccc([N+](=O)[O-])cc4Cl)n3)c12. The predicted octanol–water partition coefficient (Wildman–Crippen LogP) is 5.09. The number of halogens is 3. The third kappa shape index (κ3) is 5.48. The minimum atomic E-state index is -2.89. The van der Waals surface area contributed by atoms with E-state index in [4.69, 9.17) is 22.1 Å². The summed E-state index contributed by atoms with van der Waals surface area (Å²) < 4.78 is 35.8. The summed E-state index contributed by atoms with van der Waals surface area (Å²) in [5, 5.41) is 22.2. The number of benzene rings is 1. The van der Waals surface area contributed by atoms with Gasteiger partial charge in [-0.2, -0.15) is 10.2 Å². The highest BCUT2D eigenvalue weighted by atomic mass is 35.5. The van der Waals surface area contributed by atoms with Gasteiger partial charge in [-0.1, -0.05) is 11.6 Å². The van der Waals surface area contributed by atoms with Gasteiger partial charge in [-0.05, 0) is 30.7 Å². The maximum absolute atomic E-state index is 13.7. The molecular formula is C25H19ClF2N8O5S. The number of rotatable bonds is 9. The van der Waals surface area contributed by atoms with E-state index < -0.39 is 28.9 Å². The summed E-state index contributed by atoms with van der Waals surface area (Å²) >= 11 is 6.82. The van der Waals surface area contributed by atoms with E-state index in [1.54, 1.807) is 20.2 Å². The Balaban J connectivity index is 1.47. The largest absolute Gasteiger partial charge is 0.470 e. The Bertz CT molecular complexity index is 1890. The topological polar surface area (TPSA) is 173 Å². The minimum absolute atomic E-state index is 0.00234. The predicted molar refractivity (Wildman–Crippen MR) is 149 cm³/mol. The van der Waals surface area contributed by atoms with Gasteiger partial charge in [0, 0.05) is 42.5 Å². The van der Waals surface area contributed by atoms with Crippen molar-refractivity contribution in [3.05, 3.63) is 79.8 Å². The number of carbonyl (C=O) groups excluding carboxylic acids is 2. The van der Waals surface area contributed by atoms with Crippen molar-refractivity contribution in [1.82, 2.24) is 24.5 Å². The normalized spacial score (nSPS) is 11.3. The van der Waals surface area contributed by atoms with Crippen molar-refractivity contribution in [1.29, 1.82) is 0 Å². The maximum atomic E-state index is 13.7. The van der Waals surface area contributed by atoms with Crippen molar-refractivity contribution in [2.24, 2.45) is 12.8 Å². The number of non-ortho nitro benzene ring substituents is 1. The average Bonchev–Trinajstić information content (AvgIpc) is 3.64. The van der Waals surface area contributed by atoms with Crippen molar-refractivity contribution in [2.45, 2.75) is 20.1 Å². The molecule has 0 aliphatic carbocycles. The first-order valence-electron chi connectivity index (χ1n) is 11.9. The van der Waals surface area contributed by atoms with E-state index in [0.29, 0.717) is 16.8 Å². The molecule has 17 heteroatoms. The van der Waals surface area contributed by atoms with E-state index in [1.807, 2.05) is 0 Å². The number of nitrogens with two attached hydrogens (primary N) is 1. The second kappa shape index (κ2) is 11.1. The summed E-state index contributed by atoms with van der Waals surface area (Å²) in [6, 6.07) is 6.28. The highest BCUT2D eigenvalue weighted by Gasteiger charge is 2.27. The van der Waals surface area contributed by atoms with Crippen LogP contribution < -0.4 is 15.8 Å². The number of hydrogen-bond acceptors (Lipinski definition) is 9. The molecule has 5 rings (SSSR count). The Morgan fingerprint density at radius 3 is 2.62 bits per heavy atom. The van der Waals surface area contributed by atoms with Crippen LogP contribution in [0.1, 0.15) is 38.0 Å². The van der Waals surface area contributed by atoms with Crippen molar-refractivity contribution in [2.75, 3.05) is 5.32 Å². The summed E-state index contributed by atoms with van der Waals surface area (Å²) in [5.41, 5.74) is 6.13. The lowest BCUT2D eigenvalue weighted by Crippen LogP contribution is -2.18. The quantitative estimate of drug-likeness (QED) is 0.170. The molecule has 0 aliphatic heterocycles. The molecule has 0 radical (unpaired) electrons. The summed E-state index contributed by atoms with van der Waals surface area (Å²) in [5.74, 6) is -1.45. The Morgan fingerprint density at radius 1 is 1.24 bits per heavy atom. The van der Waals surface area contributed by atoms with Crippen LogP contribution in [0.5, 0.6) is 5.75 Å². The molecule has 1 aromatic carbocycles. The van der Waals surface area contributed by atoms with E-state index in [0.717, 1.165) is 17.4 Å². The molecule has 0 unspecified atom stereocenters. The second-order valence-corrected chi connectivity index (χ2v) is 10.3. The number of primary amides is 1. The standard InChI is InChI=1S/C25H19ClF2N8O5S/c1-11-14(9-34(2)32-11)13-8-17(22(27)28)30-25-19(13)20(21(42-25)23(29)37)31-24(38)16-5-6-35(33-16)10-41-18-4-3-12(36(39)40)7-15(18)26/h3-9,22H,10H2,1-2H3,(H2,29,37)(H,31,38). The van der Waals surface area contributed by atoms with Crippen LogP contribution in [0, 0.1) is 17.0 Å². The van der Waals surface area contributed by atoms with Gasteiger partial charge in [-0.15, -0.1) is 11.3 Å². The highest BCUT2D eigenvalue weighted by Crippen LogP contribution is 2.43. The van der Waals surface area contributed by atoms with Gasteiger partial charge in [-0.3, -0.25) is 24.4 Å². The zero-order valence-electron chi connectivity index (χ0n) is 21.7. The number of anilines is 1. The van der Waals surface area contributed by atoms with Gasteiger partial charge in [0.05, 0.1) is 21.3 Å². The number of thiophene rings is 1. The molecule has 2 amide bonds. The number of pyridine rings is 1. The summed E-state index contributed by atoms with van der Waals surface area (Å²) in [6.45, 7) is 1.51. The summed E-state index contributed by atoms with van der Waals surface area (Å²) in [4.78, 5) is 39.9. The number of aromatic nitrogens is 5. The molecule has 216 valence electrons. The zero-order valence-corrected chi connectivity index (χ0v) is 23.2. The Kier molecular flexibility index (Phi) is 7.57. The number of nitrogens with one attached hydrogen (secondary N) is 1. The fourth-order valence-corrected chi connectivity index (χ4v) is 5.43. The number of nitrogens with zero attached hydrogens (tertiary/aromatic N) is 6. The first-order chi connectivity index (χ1) is 19.9. The summed E-state index contributed by atoms with van der Waals surface area (Å²) in [6.07, 6.45) is 0.177. The first-order valence-corrected chi connectivity index (χ1v) is 13.1. The van der Waals surface area contributed by atoms with Crippen LogP contribution in [0.3, 0.4) is 0 Å². The molecule has 13 nitrogen and oxygen atoms in total. The van der Waals surface area contributed by atoms with Gasteiger partial charge in [0.15, 0.2) is 12.4 Å². The Labute approximate surface area is 243 Å². The number of amides is 2. The number of aryl methyl sites for hydroxylation is 2. The third-order valence-electron chi connectivity index (χ3n) is 6.02. The number of carbonyl (C=O) groups is 2. The number of nitro groups is 1. The molecule has 42 heavy (non-hydrogen) atoms. The number of nitro benzene ring substituents is 1. The van der Waals surface area contributed by atoms with Crippen LogP contribution in [-0.4, -0.2) is 41.3 Å². The molecule has 0 saturated heterocycles. The van der Waals surface area contributed by atoms with Crippen LogP contribution in [0.2, 0.25) is 5.02 Å². The maximum Gasteiger partial charge on any atom is 0.280 e. The lowest BCUT2D eigenvalue weighted by Gasteiger charge is -2.10. The molecule has 0 atom stereocenters. The fraction of sp³-hybridized carbons (Fsp3) is 0.160. The van der Waals surface area contributed by atoms with Crippen LogP contribution >= 0.6 is 22.9 Å². The lowest BCUT2D eigenvalue weighted by molar-refractivity contribution is -0.384. The van der Waals surface area contributed by atoms with Crippen molar-refractivity contribution >= 4 is 56.3 Å². The monoisotopic (exact) mass is 616 g/mol. The van der Waals surface area contributed by atoms with E-state index in [2.05, 4.69) is 20.5 Å². The molecule has 0 spiro atoms. The molecule has 0 bridgehead atoms. The Hall–Kier alpha value is -4.96. The van der Waals surface area contributed by atoms with E-state index in [1.165, 1.54) is 39.8 Å². The molecule has 3 N–H and O–H groups in total. The van der Waals surface area contributed by atoms with Crippen LogP contribution in [0.4, 0.5) is 20.2 Å². The second-order valence-electron chi connectivity index (χ2n) is 8.89. The van der Waals surface area contributed by atoms with Crippen molar-refractivity contribution < 1.29 is 28.0 Å². The fourth-order valence-electron chi connectivity index (χ4n) is 4.19. The first kappa shape index (κ1) is 28.6. The van der Waals surface area contributed by atoms with Gasteiger partial charge in [0.1, 0.15) is 21.2 Å². The molecule has 0 saturated carbocycles. The van der Waals surface area contributed by atoms with Gasteiger partial charge in [0.25, 0.3) is 23.9 Å². The van der Waals surface area contributed by atoms with Crippen molar-refractivity contribution in [3.8, 4) is 16.9 Å². The molecule has 0 fully saturated rings. The zero-order chi connectivity index (χ0) is 30.3. The van der Waals surface area contributed by atoms with E-state index >= 15 is 0 Å². The third-order valence-corrected chi connectivity index (χ3v) is 7.42.